The number of anilines is 2. The van der Waals surface area contributed by atoms with Crippen LogP contribution in [0.4, 0.5) is 20.7 Å². The van der Waals surface area contributed by atoms with Crippen molar-refractivity contribution in [3.8, 4) is 11.3 Å². The van der Waals surface area contributed by atoms with E-state index in [1.54, 1.807) is 29.2 Å². The van der Waals surface area contributed by atoms with Gasteiger partial charge in [0.1, 0.15) is 17.8 Å². The second-order valence-corrected chi connectivity index (χ2v) is 8.43. The third-order valence-corrected chi connectivity index (χ3v) is 5.48. The molecule has 12 heteroatoms. The van der Waals surface area contributed by atoms with Crippen LogP contribution < -0.4 is 20.9 Å². The average Bonchev–Trinajstić information content (AvgIpc) is 3.53. The normalized spacial score (nSPS) is 13.7. The number of hydrogen-bond donors (Lipinski definition) is 3. The standard InChI is InChI=1S/C23H28FN7O4/c1-15(2)27-23(33)26-14-22(32)31-8-6-30(7-9-31)20-4-3-16(11-18(20)24)19-12-17(35-28-19)13-25-21-5-10-34-29-21/h3-5,10-12,15H,6-9,13-14H2,1-2H3,(H,25,29)(H2,26,27,33). The number of urea groups is 1. The highest BCUT2D eigenvalue weighted by molar-refractivity contribution is 5.84. The molecule has 11 nitrogen and oxygen atoms in total. The molecule has 1 aliphatic heterocycles. The molecule has 0 radical (unpaired) electrons. The number of nitrogens with zero attached hydrogens (tertiary/aromatic N) is 4. The van der Waals surface area contributed by atoms with Crippen LogP contribution in [0.1, 0.15) is 19.6 Å². The summed E-state index contributed by atoms with van der Waals surface area (Å²) in [7, 11) is 0. The Bertz CT molecular complexity index is 1140. The predicted octanol–water partition coefficient (Wildman–Crippen LogP) is 2.44. The maximum absolute atomic E-state index is 15.0. The summed E-state index contributed by atoms with van der Waals surface area (Å²) in [6.07, 6.45) is 1.46. The maximum Gasteiger partial charge on any atom is 0.315 e. The molecular weight excluding hydrogens is 457 g/mol. The van der Waals surface area contributed by atoms with Gasteiger partial charge in [0.25, 0.3) is 0 Å². The van der Waals surface area contributed by atoms with Crippen LogP contribution in [-0.4, -0.2) is 65.9 Å². The molecule has 1 saturated heterocycles. The third kappa shape index (κ3) is 6.28. The molecule has 0 atom stereocenters. The second-order valence-electron chi connectivity index (χ2n) is 8.43. The average molecular weight is 486 g/mol. The second kappa shape index (κ2) is 10.9. The first-order valence-electron chi connectivity index (χ1n) is 11.4. The number of carbonyl (C=O) groups is 2. The highest BCUT2D eigenvalue weighted by atomic mass is 19.1. The summed E-state index contributed by atoms with van der Waals surface area (Å²) in [4.78, 5) is 27.6. The molecular formula is C23H28FN7O4. The summed E-state index contributed by atoms with van der Waals surface area (Å²) in [5.74, 6) is 0.608. The monoisotopic (exact) mass is 485 g/mol. The van der Waals surface area contributed by atoms with Gasteiger partial charge in [0, 0.05) is 49.9 Å². The van der Waals surface area contributed by atoms with Crippen LogP contribution in [0.15, 0.2) is 45.6 Å². The number of amides is 3. The van der Waals surface area contributed by atoms with E-state index >= 15 is 0 Å². The van der Waals surface area contributed by atoms with Crippen molar-refractivity contribution in [3.63, 3.8) is 0 Å². The van der Waals surface area contributed by atoms with Gasteiger partial charge in [-0.05, 0) is 26.0 Å². The van der Waals surface area contributed by atoms with Crippen LogP contribution in [0.5, 0.6) is 0 Å². The molecule has 186 valence electrons. The van der Waals surface area contributed by atoms with Crippen LogP contribution >= 0.6 is 0 Å². The summed E-state index contributed by atoms with van der Waals surface area (Å²) >= 11 is 0. The first-order chi connectivity index (χ1) is 16.9. The van der Waals surface area contributed by atoms with Gasteiger partial charge in [-0.15, -0.1) is 0 Å². The number of rotatable bonds is 8. The topological polar surface area (TPSA) is 129 Å². The Balaban J connectivity index is 1.29. The van der Waals surface area contributed by atoms with Gasteiger partial charge < -0.3 is 34.8 Å². The number of aromatic nitrogens is 2. The third-order valence-electron chi connectivity index (χ3n) is 5.48. The van der Waals surface area contributed by atoms with E-state index in [0.29, 0.717) is 61.2 Å². The summed E-state index contributed by atoms with van der Waals surface area (Å²) in [5, 5.41) is 16.1. The molecule has 4 rings (SSSR count). The van der Waals surface area contributed by atoms with Gasteiger partial charge >= 0.3 is 6.03 Å². The van der Waals surface area contributed by atoms with E-state index in [4.69, 9.17) is 9.05 Å². The van der Waals surface area contributed by atoms with Gasteiger partial charge in [-0.1, -0.05) is 16.4 Å². The SMILES string of the molecule is CC(C)NC(=O)NCC(=O)N1CCN(c2ccc(-c3cc(CNc4ccon4)on3)cc2F)CC1. The molecule has 0 spiro atoms. The van der Waals surface area contributed by atoms with Crippen molar-refractivity contribution in [1.29, 1.82) is 0 Å². The number of nitrogens with one attached hydrogen (secondary N) is 3. The van der Waals surface area contributed by atoms with Gasteiger partial charge in [-0.2, -0.15) is 0 Å². The van der Waals surface area contributed by atoms with Crippen LogP contribution in [0, 0.1) is 5.82 Å². The molecule has 0 bridgehead atoms. The van der Waals surface area contributed by atoms with Crippen molar-refractivity contribution in [2.45, 2.75) is 26.4 Å². The van der Waals surface area contributed by atoms with Crippen molar-refractivity contribution in [2.24, 2.45) is 0 Å². The van der Waals surface area contributed by atoms with E-state index < -0.39 is 0 Å². The first-order valence-corrected chi connectivity index (χ1v) is 11.4. The van der Waals surface area contributed by atoms with Gasteiger partial charge in [0.15, 0.2) is 11.6 Å². The number of hydrogen-bond acceptors (Lipinski definition) is 8. The van der Waals surface area contributed by atoms with Crippen molar-refractivity contribution in [1.82, 2.24) is 25.8 Å². The van der Waals surface area contributed by atoms with E-state index in [0.717, 1.165) is 0 Å². The molecule has 0 unspecified atom stereocenters. The van der Waals surface area contributed by atoms with Gasteiger partial charge in [0.2, 0.25) is 5.91 Å². The minimum Gasteiger partial charge on any atom is -0.366 e. The zero-order chi connectivity index (χ0) is 24.8. The lowest BCUT2D eigenvalue weighted by molar-refractivity contribution is -0.130. The van der Waals surface area contributed by atoms with Gasteiger partial charge in [-0.3, -0.25) is 4.79 Å². The molecule has 35 heavy (non-hydrogen) atoms. The number of piperazine rings is 1. The lowest BCUT2D eigenvalue weighted by Crippen LogP contribution is -2.52. The quantitative estimate of drug-likeness (QED) is 0.444. The molecule has 2 aromatic heterocycles. The first kappa shape index (κ1) is 24.0. The Morgan fingerprint density at radius 2 is 1.91 bits per heavy atom. The molecule has 1 aromatic carbocycles. The number of benzene rings is 1. The van der Waals surface area contributed by atoms with E-state index in [2.05, 4.69) is 26.3 Å². The van der Waals surface area contributed by atoms with Crippen LogP contribution in [0.2, 0.25) is 0 Å². The zero-order valence-corrected chi connectivity index (χ0v) is 19.6. The highest BCUT2D eigenvalue weighted by Gasteiger charge is 2.23. The molecule has 3 aromatic rings. The summed E-state index contributed by atoms with van der Waals surface area (Å²) < 4.78 is 25.0. The largest absolute Gasteiger partial charge is 0.366 e. The minimum atomic E-state index is -0.375. The fourth-order valence-electron chi connectivity index (χ4n) is 3.71. The zero-order valence-electron chi connectivity index (χ0n) is 19.6. The maximum atomic E-state index is 15.0. The smallest absolute Gasteiger partial charge is 0.315 e. The van der Waals surface area contributed by atoms with E-state index in [1.807, 2.05) is 18.7 Å². The molecule has 0 saturated carbocycles. The summed E-state index contributed by atoms with van der Waals surface area (Å²) in [6, 6.07) is 7.97. The Morgan fingerprint density at radius 3 is 2.60 bits per heavy atom. The van der Waals surface area contributed by atoms with Crippen LogP contribution in [-0.2, 0) is 11.3 Å². The Kier molecular flexibility index (Phi) is 7.48. The van der Waals surface area contributed by atoms with Crippen LogP contribution in [0.25, 0.3) is 11.3 Å². The Morgan fingerprint density at radius 1 is 1.11 bits per heavy atom. The van der Waals surface area contributed by atoms with E-state index in [-0.39, 0.29) is 30.3 Å². The van der Waals surface area contributed by atoms with Crippen molar-refractivity contribution in [2.75, 3.05) is 42.9 Å². The minimum absolute atomic E-state index is 0.0107. The molecule has 3 amide bonds. The van der Waals surface area contributed by atoms with Gasteiger partial charge in [-0.25, -0.2) is 9.18 Å². The van der Waals surface area contributed by atoms with E-state index in [1.165, 1.54) is 12.3 Å². The Hall–Kier alpha value is -4.09. The summed E-state index contributed by atoms with van der Waals surface area (Å²) in [5.41, 5.74) is 1.59. The fraction of sp³-hybridized carbons (Fsp3) is 0.391. The van der Waals surface area contributed by atoms with Crippen molar-refractivity contribution >= 4 is 23.4 Å². The Labute approximate surface area is 201 Å². The summed E-state index contributed by atoms with van der Waals surface area (Å²) in [6.45, 7) is 5.84. The molecule has 3 heterocycles. The fourth-order valence-corrected chi connectivity index (χ4v) is 3.71. The molecule has 1 aliphatic rings. The molecule has 0 aliphatic carbocycles. The van der Waals surface area contributed by atoms with Crippen molar-refractivity contribution < 1.29 is 23.0 Å². The van der Waals surface area contributed by atoms with E-state index in [9.17, 15) is 14.0 Å². The van der Waals surface area contributed by atoms with Crippen LogP contribution in [0.3, 0.4) is 0 Å². The number of carbonyl (C=O) groups excluding carboxylic acids is 2. The van der Waals surface area contributed by atoms with Gasteiger partial charge in [0.05, 0.1) is 18.8 Å². The van der Waals surface area contributed by atoms with Crippen molar-refractivity contribution in [3.05, 3.63) is 48.2 Å². The molecule has 3 N–H and O–H groups in total. The predicted molar refractivity (Wildman–Crippen MR) is 126 cm³/mol. The molecule has 1 fully saturated rings. The lowest BCUT2D eigenvalue weighted by atomic mass is 10.1. The highest BCUT2D eigenvalue weighted by Crippen LogP contribution is 2.27. The lowest BCUT2D eigenvalue weighted by Gasteiger charge is -2.36. The number of halogens is 1.